The predicted molar refractivity (Wildman–Crippen MR) is 73.4 cm³/mol. The fourth-order valence-electron chi connectivity index (χ4n) is 2.91. The van der Waals surface area contributed by atoms with Gasteiger partial charge in [0, 0.05) is 19.4 Å². The van der Waals surface area contributed by atoms with Crippen LogP contribution in [-0.4, -0.2) is 31.8 Å². The van der Waals surface area contributed by atoms with Gasteiger partial charge in [-0.1, -0.05) is 5.16 Å². The van der Waals surface area contributed by atoms with Crippen molar-refractivity contribution in [3.05, 3.63) is 30.4 Å². The standard InChI is InChI=1S/C14H15N5O2/c1-20-14(6-2-3-7-14)13-17-12(21-18-13)10-5-9-19-11(16-10)4-8-15-19/h4-5,8-9H,2-3,6-7H2,1H3. The Morgan fingerprint density at radius 2 is 2.10 bits per heavy atom. The molecule has 0 bridgehead atoms. The molecule has 1 fully saturated rings. The average molecular weight is 285 g/mol. The fourth-order valence-corrected chi connectivity index (χ4v) is 2.91. The molecule has 3 aromatic heterocycles. The molecular weight excluding hydrogens is 270 g/mol. The van der Waals surface area contributed by atoms with Crippen molar-refractivity contribution in [1.82, 2.24) is 24.7 Å². The van der Waals surface area contributed by atoms with Crippen LogP contribution in [0.4, 0.5) is 0 Å². The van der Waals surface area contributed by atoms with Crippen LogP contribution in [0.5, 0.6) is 0 Å². The number of rotatable bonds is 3. The Balaban J connectivity index is 1.73. The summed E-state index contributed by atoms with van der Waals surface area (Å²) < 4.78 is 12.7. The van der Waals surface area contributed by atoms with Gasteiger partial charge in [0.05, 0.1) is 6.20 Å². The molecule has 0 spiro atoms. The zero-order valence-electron chi connectivity index (χ0n) is 11.7. The van der Waals surface area contributed by atoms with Crippen LogP contribution in [0.25, 0.3) is 17.2 Å². The highest BCUT2D eigenvalue weighted by molar-refractivity contribution is 5.51. The van der Waals surface area contributed by atoms with E-state index in [0.29, 0.717) is 17.4 Å². The second kappa shape index (κ2) is 4.63. The molecule has 3 heterocycles. The third kappa shape index (κ3) is 1.92. The summed E-state index contributed by atoms with van der Waals surface area (Å²) in [7, 11) is 1.71. The first kappa shape index (κ1) is 12.5. The second-order valence-electron chi connectivity index (χ2n) is 5.28. The lowest BCUT2D eigenvalue weighted by Crippen LogP contribution is -2.25. The summed E-state index contributed by atoms with van der Waals surface area (Å²) in [4.78, 5) is 8.96. The molecule has 0 atom stereocenters. The molecule has 0 saturated heterocycles. The lowest BCUT2D eigenvalue weighted by molar-refractivity contribution is -0.0178. The average Bonchev–Trinajstić information content (AvgIpc) is 3.25. The number of nitrogens with zero attached hydrogens (tertiary/aromatic N) is 5. The van der Waals surface area contributed by atoms with Gasteiger partial charge < -0.3 is 9.26 Å². The van der Waals surface area contributed by atoms with E-state index in [0.717, 1.165) is 31.3 Å². The lowest BCUT2D eigenvalue weighted by atomic mass is 10.0. The molecule has 0 N–H and O–H groups in total. The topological polar surface area (TPSA) is 78.3 Å². The molecule has 1 aliphatic rings. The molecule has 4 rings (SSSR count). The monoisotopic (exact) mass is 285 g/mol. The summed E-state index contributed by atoms with van der Waals surface area (Å²) in [6.07, 6.45) is 7.62. The number of methoxy groups -OCH3 is 1. The highest BCUT2D eigenvalue weighted by Crippen LogP contribution is 2.40. The first-order valence-electron chi connectivity index (χ1n) is 7.01. The number of hydrogen-bond donors (Lipinski definition) is 0. The third-order valence-electron chi connectivity index (χ3n) is 4.11. The normalized spacial score (nSPS) is 17.6. The third-order valence-corrected chi connectivity index (χ3v) is 4.11. The zero-order valence-corrected chi connectivity index (χ0v) is 11.7. The molecule has 7 heteroatoms. The second-order valence-corrected chi connectivity index (χ2v) is 5.28. The zero-order chi connectivity index (χ0) is 14.3. The van der Waals surface area contributed by atoms with Crippen molar-refractivity contribution in [2.45, 2.75) is 31.3 Å². The number of aromatic nitrogens is 5. The van der Waals surface area contributed by atoms with Crippen LogP contribution in [0.3, 0.4) is 0 Å². The quantitative estimate of drug-likeness (QED) is 0.734. The van der Waals surface area contributed by atoms with E-state index in [-0.39, 0.29) is 0 Å². The van der Waals surface area contributed by atoms with Gasteiger partial charge in [-0.15, -0.1) is 0 Å². The Labute approximate surface area is 120 Å². The first-order chi connectivity index (χ1) is 10.3. The molecule has 0 radical (unpaired) electrons. The van der Waals surface area contributed by atoms with E-state index in [4.69, 9.17) is 9.26 Å². The molecule has 0 aliphatic heterocycles. The van der Waals surface area contributed by atoms with Gasteiger partial charge >= 0.3 is 0 Å². The number of hydrogen-bond acceptors (Lipinski definition) is 6. The van der Waals surface area contributed by atoms with E-state index in [9.17, 15) is 0 Å². The van der Waals surface area contributed by atoms with E-state index < -0.39 is 5.60 Å². The van der Waals surface area contributed by atoms with Gasteiger partial charge in [0.1, 0.15) is 11.3 Å². The Morgan fingerprint density at radius 3 is 2.90 bits per heavy atom. The molecule has 3 aromatic rings. The first-order valence-corrected chi connectivity index (χ1v) is 7.01. The van der Waals surface area contributed by atoms with E-state index in [1.807, 2.05) is 18.3 Å². The molecule has 1 aliphatic carbocycles. The fraction of sp³-hybridized carbons (Fsp3) is 0.429. The molecule has 0 unspecified atom stereocenters. The molecular formula is C14H15N5O2. The maximum absolute atomic E-state index is 5.67. The lowest BCUT2D eigenvalue weighted by Gasteiger charge is -2.22. The molecule has 108 valence electrons. The highest BCUT2D eigenvalue weighted by Gasteiger charge is 2.40. The van der Waals surface area contributed by atoms with Crippen molar-refractivity contribution in [2.24, 2.45) is 0 Å². The number of ether oxygens (including phenoxy) is 1. The Hall–Kier alpha value is -2.28. The molecule has 0 aromatic carbocycles. The van der Waals surface area contributed by atoms with E-state index in [1.165, 1.54) is 0 Å². The van der Waals surface area contributed by atoms with Crippen LogP contribution in [0.1, 0.15) is 31.5 Å². The molecule has 21 heavy (non-hydrogen) atoms. The molecule has 0 amide bonds. The smallest absolute Gasteiger partial charge is 0.276 e. The van der Waals surface area contributed by atoms with Crippen LogP contribution in [0, 0.1) is 0 Å². The van der Waals surface area contributed by atoms with Gasteiger partial charge in [-0.05, 0) is 31.7 Å². The van der Waals surface area contributed by atoms with Crippen molar-refractivity contribution in [3.63, 3.8) is 0 Å². The van der Waals surface area contributed by atoms with Gasteiger partial charge in [0.2, 0.25) is 5.82 Å². The largest absolute Gasteiger partial charge is 0.370 e. The Bertz CT molecular complexity index is 772. The van der Waals surface area contributed by atoms with Gasteiger partial charge in [-0.25, -0.2) is 9.50 Å². The van der Waals surface area contributed by atoms with Gasteiger partial charge in [-0.2, -0.15) is 10.1 Å². The van der Waals surface area contributed by atoms with Crippen molar-refractivity contribution >= 4 is 5.65 Å². The van der Waals surface area contributed by atoms with Crippen LogP contribution >= 0.6 is 0 Å². The van der Waals surface area contributed by atoms with Gasteiger partial charge in [0.25, 0.3) is 5.89 Å². The summed E-state index contributed by atoms with van der Waals surface area (Å²) in [5.41, 5.74) is 0.989. The summed E-state index contributed by atoms with van der Waals surface area (Å²) in [6, 6.07) is 3.64. The van der Waals surface area contributed by atoms with E-state index >= 15 is 0 Å². The SMILES string of the molecule is COC1(c2noc(-c3ccn4nccc4n3)n2)CCCC1. The molecule has 7 nitrogen and oxygen atoms in total. The van der Waals surface area contributed by atoms with Crippen molar-refractivity contribution in [2.75, 3.05) is 7.11 Å². The van der Waals surface area contributed by atoms with E-state index in [1.54, 1.807) is 17.8 Å². The van der Waals surface area contributed by atoms with Crippen LogP contribution in [0.15, 0.2) is 29.0 Å². The summed E-state index contributed by atoms with van der Waals surface area (Å²) in [5, 5.41) is 8.23. The maximum atomic E-state index is 5.67. The number of fused-ring (bicyclic) bond motifs is 1. The summed E-state index contributed by atoms with van der Waals surface area (Å²) in [6.45, 7) is 0. The predicted octanol–water partition coefficient (Wildman–Crippen LogP) is 2.20. The van der Waals surface area contributed by atoms with Crippen molar-refractivity contribution in [1.29, 1.82) is 0 Å². The van der Waals surface area contributed by atoms with Crippen LogP contribution in [-0.2, 0) is 10.3 Å². The van der Waals surface area contributed by atoms with E-state index in [2.05, 4.69) is 20.2 Å². The minimum absolute atomic E-state index is 0.400. The maximum Gasteiger partial charge on any atom is 0.276 e. The summed E-state index contributed by atoms with van der Waals surface area (Å²) >= 11 is 0. The van der Waals surface area contributed by atoms with Crippen LogP contribution in [0.2, 0.25) is 0 Å². The van der Waals surface area contributed by atoms with Gasteiger partial charge in [0.15, 0.2) is 5.65 Å². The Kier molecular flexibility index (Phi) is 2.75. The minimum Gasteiger partial charge on any atom is -0.370 e. The van der Waals surface area contributed by atoms with Gasteiger partial charge in [-0.3, -0.25) is 0 Å². The minimum atomic E-state index is -0.400. The highest BCUT2D eigenvalue weighted by atomic mass is 16.5. The molecule has 1 saturated carbocycles. The van der Waals surface area contributed by atoms with Crippen molar-refractivity contribution in [3.8, 4) is 11.6 Å². The summed E-state index contributed by atoms with van der Waals surface area (Å²) in [5.74, 6) is 1.03. The Morgan fingerprint density at radius 1 is 1.24 bits per heavy atom. The van der Waals surface area contributed by atoms with Crippen molar-refractivity contribution < 1.29 is 9.26 Å². The van der Waals surface area contributed by atoms with Crippen LogP contribution < -0.4 is 0 Å².